The molecule has 1 atom stereocenters. The van der Waals surface area contributed by atoms with E-state index in [-0.39, 0.29) is 0 Å². The van der Waals surface area contributed by atoms with Crippen LogP contribution in [-0.2, 0) is 0 Å². The van der Waals surface area contributed by atoms with Crippen molar-refractivity contribution in [3.8, 4) is 0 Å². The number of rotatable bonds is 5. The van der Waals surface area contributed by atoms with Gasteiger partial charge in [-0.1, -0.05) is 31.5 Å². The Hall–Kier alpha value is -0.313. The number of oxime groups is 1. The topological polar surface area (TPSA) is 32.6 Å². The molecule has 66 valence electrons. The summed E-state index contributed by atoms with van der Waals surface area (Å²) in [7, 11) is 1.20. The average Bonchev–Trinajstić information content (AvgIpc) is 2.03. The van der Waals surface area contributed by atoms with Gasteiger partial charge in [0.1, 0.15) is 0 Å². The molecule has 0 saturated carbocycles. The van der Waals surface area contributed by atoms with Gasteiger partial charge in [0.15, 0.2) is 0 Å². The summed E-state index contributed by atoms with van der Waals surface area (Å²) < 4.78 is 0. The van der Waals surface area contributed by atoms with Gasteiger partial charge in [0.2, 0.25) is 0 Å². The summed E-state index contributed by atoms with van der Waals surface area (Å²) in [6.45, 7) is 4.36. The molecule has 0 saturated heterocycles. The van der Waals surface area contributed by atoms with Crippen molar-refractivity contribution in [1.29, 1.82) is 0 Å². The first-order chi connectivity index (χ1) is 5.24. The molecule has 0 spiro atoms. The molecule has 1 unspecified atom stereocenters. The highest BCUT2D eigenvalue weighted by molar-refractivity contribution is 6.10. The lowest BCUT2D eigenvalue weighted by atomic mass is 10.0. The van der Waals surface area contributed by atoms with E-state index in [9.17, 15) is 0 Å². The zero-order valence-corrected chi connectivity index (χ0v) is 9.80. The third-order valence-electron chi connectivity index (χ3n) is 1.96. The SMILES string of the molecule is CCC(C)CC(CC[SiH3])=NO. The number of nitrogens with zero attached hydrogens (tertiary/aromatic N) is 1. The van der Waals surface area contributed by atoms with Crippen LogP contribution in [0.1, 0.15) is 33.1 Å². The third kappa shape index (κ3) is 5.01. The quantitative estimate of drug-likeness (QED) is 0.290. The van der Waals surface area contributed by atoms with Gasteiger partial charge in [-0.3, -0.25) is 0 Å². The first kappa shape index (κ1) is 10.7. The van der Waals surface area contributed by atoms with E-state index in [1.807, 2.05) is 0 Å². The van der Waals surface area contributed by atoms with Crippen molar-refractivity contribution in [3.63, 3.8) is 0 Å². The van der Waals surface area contributed by atoms with Crippen LogP contribution in [0.5, 0.6) is 0 Å². The average molecular weight is 173 g/mol. The van der Waals surface area contributed by atoms with Crippen LogP contribution >= 0.6 is 0 Å². The zero-order valence-electron chi connectivity index (χ0n) is 7.80. The molecular formula is C8H19NOSi. The molecule has 2 nitrogen and oxygen atoms in total. The minimum Gasteiger partial charge on any atom is -0.411 e. The summed E-state index contributed by atoms with van der Waals surface area (Å²) in [4.78, 5) is 0. The van der Waals surface area contributed by atoms with Crippen LogP contribution in [0.3, 0.4) is 0 Å². The highest BCUT2D eigenvalue weighted by Crippen LogP contribution is 2.10. The molecule has 0 amide bonds. The van der Waals surface area contributed by atoms with Crippen LogP contribution in [0.4, 0.5) is 0 Å². The number of hydrogen-bond acceptors (Lipinski definition) is 2. The van der Waals surface area contributed by atoms with E-state index in [4.69, 9.17) is 5.21 Å². The van der Waals surface area contributed by atoms with Crippen molar-refractivity contribution in [2.24, 2.45) is 11.1 Å². The molecule has 0 aliphatic rings. The van der Waals surface area contributed by atoms with E-state index in [0.717, 1.165) is 18.6 Å². The minimum absolute atomic E-state index is 0.661. The summed E-state index contributed by atoms with van der Waals surface area (Å²) in [6.07, 6.45) is 3.13. The van der Waals surface area contributed by atoms with Crippen LogP contribution in [0.15, 0.2) is 5.16 Å². The zero-order chi connectivity index (χ0) is 8.69. The maximum Gasteiger partial charge on any atom is 0.0570 e. The molecule has 0 aromatic carbocycles. The lowest BCUT2D eigenvalue weighted by molar-refractivity contribution is 0.315. The Morgan fingerprint density at radius 1 is 1.64 bits per heavy atom. The van der Waals surface area contributed by atoms with E-state index in [2.05, 4.69) is 19.0 Å². The number of hydrogen-bond donors (Lipinski definition) is 1. The second-order valence-electron chi connectivity index (χ2n) is 3.13. The second kappa shape index (κ2) is 6.40. The molecule has 0 radical (unpaired) electrons. The fraction of sp³-hybridized carbons (Fsp3) is 0.875. The van der Waals surface area contributed by atoms with Gasteiger partial charge in [0.05, 0.1) is 5.71 Å². The highest BCUT2D eigenvalue weighted by atomic mass is 28.1. The Morgan fingerprint density at radius 2 is 2.27 bits per heavy atom. The molecule has 0 heterocycles. The predicted octanol–water partition coefficient (Wildman–Crippen LogP) is 1.43. The van der Waals surface area contributed by atoms with Crippen molar-refractivity contribution in [1.82, 2.24) is 0 Å². The fourth-order valence-electron chi connectivity index (χ4n) is 1.03. The van der Waals surface area contributed by atoms with Gasteiger partial charge in [0.25, 0.3) is 0 Å². The molecule has 0 aromatic heterocycles. The van der Waals surface area contributed by atoms with Crippen LogP contribution in [-0.4, -0.2) is 21.2 Å². The van der Waals surface area contributed by atoms with Gasteiger partial charge >= 0.3 is 0 Å². The predicted molar refractivity (Wildman–Crippen MR) is 52.7 cm³/mol. The largest absolute Gasteiger partial charge is 0.411 e. The van der Waals surface area contributed by atoms with Gasteiger partial charge in [-0.25, -0.2) is 0 Å². The molecule has 0 rings (SSSR count). The van der Waals surface area contributed by atoms with Crippen LogP contribution in [0.25, 0.3) is 0 Å². The van der Waals surface area contributed by atoms with Crippen molar-refractivity contribution >= 4 is 16.0 Å². The summed E-state index contributed by atoms with van der Waals surface area (Å²) >= 11 is 0. The molecular weight excluding hydrogens is 154 g/mol. The molecule has 0 aromatic rings. The Labute approximate surface area is 72.1 Å². The van der Waals surface area contributed by atoms with E-state index >= 15 is 0 Å². The maximum absolute atomic E-state index is 8.60. The summed E-state index contributed by atoms with van der Waals surface area (Å²) in [6, 6.07) is 1.20. The Kier molecular flexibility index (Phi) is 6.22. The molecule has 1 N–H and O–H groups in total. The van der Waals surface area contributed by atoms with Gasteiger partial charge in [-0.2, -0.15) is 0 Å². The van der Waals surface area contributed by atoms with E-state index in [1.165, 1.54) is 22.7 Å². The van der Waals surface area contributed by atoms with Crippen molar-refractivity contribution in [2.75, 3.05) is 0 Å². The standard InChI is InChI=1S/C8H19NOSi/c1-3-7(2)6-8(9-10)4-5-11/h7,10H,3-6H2,1-2,11H3. The van der Waals surface area contributed by atoms with Gasteiger partial charge < -0.3 is 5.21 Å². The summed E-state index contributed by atoms with van der Waals surface area (Å²) in [5.74, 6) is 0.661. The van der Waals surface area contributed by atoms with Crippen molar-refractivity contribution in [2.45, 2.75) is 39.2 Å². The molecule has 0 aliphatic heterocycles. The minimum atomic E-state index is 0.661. The van der Waals surface area contributed by atoms with E-state index < -0.39 is 0 Å². The van der Waals surface area contributed by atoms with Crippen molar-refractivity contribution in [3.05, 3.63) is 0 Å². The first-order valence-corrected chi connectivity index (χ1v) is 5.85. The smallest absolute Gasteiger partial charge is 0.0570 e. The fourth-order valence-corrected chi connectivity index (χ4v) is 1.61. The van der Waals surface area contributed by atoms with Crippen LogP contribution in [0.2, 0.25) is 6.04 Å². The van der Waals surface area contributed by atoms with Crippen LogP contribution < -0.4 is 0 Å². The van der Waals surface area contributed by atoms with Gasteiger partial charge in [-0.05, 0) is 18.8 Å². The molecule has 0 aliphatic carbocycles. The van der Waals surface area contributed by atoms with Crippen LogP contribution in [0, 0.1) is 5.92 Å². The monoisotopic (exact) mass is 173 g/mol. The van der Waals surface area contributed by atoms with E-state index in [1.54, 1.807) is 0 Å². The molecule has 0 fully saturated rings. The second-order valence-corrected chi connectivity index (χ2v) is 4.13. The Balaban J connectivity index is 3.69. The Bertz CT molecular complexity index is 125. The molecule has 0 bridgehead atoms. The maximum atomic E-state index is 8.60. The first-order valence-electron chi connectivity index (χ1n) is 4.44. The van der Waals surface area contributed by atoms with Gasteiger partial charge in [-0.15, -0.1) is 0 Å². The third-order valence-corrected chi connectivity index (χ3v) is 2.46. The normalized spacial score (nSPS) is 15.3. The van der Waals surface area contributed by atoms with E-state index in [0.29, 0.717) is 5.92 Å². The Morgan fingerprint density at radius 3 is 2.64 bits per heavy atom. The van der Waals surface area contributed by atoms with Gasteiger partial charge in [0, 0.05) is 10.2 Å². The summed E-state index contributed by atoms with van der Waals surface area (Å²) in [5.41, 5.74) is 0.981. The lowest BCUT2D eigenvalue weighted by Crippen LogP contribution is -2.04. The highest BCUT2D eigenvalue weighted by Gasteiger charge is 2.04. The molecule has 3 heteroatoms. The lowest BCUT2D eigenvalue weighted by Gasteiger charge is -2.08. The summed E-state index contributed by atoms with van der Waals surface area (Å²) in [5, 5.41) is 11.9. The van der Waals surface area contributed by atoms with Crippen molar-refractivity contribution < 1.29 is 5.21 Å². The molecule has 11 heavy (non-hydrogen) atoms.